The lowest BCUT2D eigenvalue weighted by atomic mass is 9.77. The number of anilines is 1. The molecular formula is C26H29N3O3. The minimum absolute atomic E-state index is 0.128. The number of H-pyrrole nitrogens is 1. The van der Waals surface area contributed by atoms with E-state index in [9.17, 15) is 14.7 Å². The van der Waals surface area contributed by atoms with Crippen molar-refractivity contribution in [2.75, 3.05) is 5.32 Å². The van der Waals surface area contributed by atoms with Gasteiger partial charge in [0.15, 0.2) is 0 Å². The van der Waals surface area contributed by atoms with Crippen LogP contribution in [0.15, 0.2) is 43.0 Å². The van der Waals surface area contributed by atoms with E-state index in [1.165, 1.54) is 11.6 Å². The van der Waals surface area contributed by atoms with Crippen LogP contribution in [-0.4, -0.2) is 27.5 Å². The molecule has 2 amide bonds. The third-order valence-corrected chi connectivity index (χ3v) is 6.67. The minimum Gasteiger partial charge on any atom is -0.390 e. The molecule has 5 N–H and O–H groups in total. The second kappa shape index (κ2) is 7.95. The predicted octanol–water partition coefficient (Wildman–Crippen LogP) is 4.24. The topological polar surface area (TPSA) is 108 Å². The molecule has 1 aliphatic carbocycles. The number of fused-ring (bicyclic) bond motifs is 3. The van der Waals surface area contributed by atoms with Crippen LogP contribution in [-0.2, 0) is 17.6 Å². The molecule has 3 aromatic rings. The van der Waals surface area contributed by atoms with Crippen LogP contribution in [0.5, 0.6) is 0 Å². The van der Waals surface area contributed by atoms with Gasteiger partial charge in [0.05, 0.1) is 16.7 Å². The van der Waals surface area contributed by atoms with Gasteiger partial charge in [0.2, 0.25) is 5.91 Å². The lowest BCUT2D eigenvalue weighted by Crippen LogP contribution is -2.34. The maximum Gasteiger partial charge on any atom is 0.250 e. The molecule has 0 fully saturated rings. The highest BCUT2D eigenvalue weighted by Crippen LogP contribution is 2.42. The number of nitrogens with two attached hydrogens (primary N) is 1. The molecule has 0 radical (unpaired) electrons. The van der Waals surface area contributed by atoms with E-state index < -0.39 is 11.5 Å². The second-order valence-electron chi connectivity index (χ2n) is 9.12. The number of hydrogen-bond acceptors (Lipinski definition) is 3. The second-order valence-corrected chi connectivity index (χ2v) is 9.12. The Labute approximate surface area is 187 Å². The third kappa shape index (κ3) is 3.71. The molecule has 6 heteroatoms. The molecule has 0 saturated heterocycles. The Morgan fingerprint density at radius 3 is 2.66 bits per heavy atom. The Balaban J connectivity index is 1.93. The van der Waals surface area contributed by atoms with E-state index in [1.54, 1.807) is 6.07 Å². The molecule has 1 heterocycles. The first-order chi connectivity index (χ1) is 15.1. The van der Waals surface area contributed by atoms with E-state index >= 15 is 0 Å². The monoisotopic (exact) mass is 431 g/mol. The number of aryl methyl sites for hydroxylation is 1. The van der Waals surface area contributed by atoms with Crippen molar-refractivity contribution in [3.63, 3.8) is 0 Å². The van der Waals surface area contributed by atoms with E-state index in [1.807, 2.05) is 45.0 Å². The van der Waals surface area contributed by atoms with Crippen molar-refractivity contribution in [3.8, 4) is 11.1 Å². The van der Waals surface area contributed by atoms with Crippen LogP contribution in [0.2, 0.25) is 0 Å². The number of aromatic amines is 1. The van der Waals surface area contributed by atoms with Gasteiger partial charge in [0.25, 0.3) is 5.91 Å². The number of carbonyl (C=O) groups excluding carboxylic acids is 2. The number of nitrogens with one attached hydrogen (secondary N) is 2. The highest BCUT2D eigenvalue weighted by atomic mass is 16.3. The third-order valence-electron chi connectivity index (χ3n) is 6.67. The Hall–Kier alpha value is -3.38. The number of carbonyl (C=O) groups is 2. The van der Waals surface area contributed by atoms with Crippen molar-refractivity contribution in [3.05, 3.63) is 65.4 Å². The summed E-state index contributed by atoms with van der Waals surface area (Å²) in [5.74, 6) is -0.623. The Morgan fingerprint density at radius 1 is 1.25 bits per heavy atom. The SMILES string of the molecule is C=CC(=O)Nc1cccc(-c2ccc(C(N)=O)c3[nH]c4c(c23)CCC(C(C)(C)O)C4)c1C. The molecule has 0 aliphatic heterocycles. The Morgan fingerprint density at radius 2 is 2.00 bits per heavy atom. The quantitative estimate of drug-likeness (QED) is 0.454. The maximum absolute atomic E-state index is 12.2. The largest absolute Gasteiger partial charge is 0.390 e. The summed E-state index contributed by atoms with van der Waals surface area (Å²) in [7, 11) is 0. The van der Waals surface area contributed by atoms with Gasteiger partial charge in [0.1, 0.15) is 0 Å². The summed E-state index contributed by atoms with van der Waals surface area (Å²) in [5, 5.41) is 14.4. The first-order valence-electron chi connectivity index (χ1n) is 10.8. The van der Waals surface area contributed by atoms with Crippen molar-refractivity contribution in [2.45, 2.75) is 45.6 Å². The molecule has 1 aliphatic rings. The molecule has 0 spiro atoms. The first-order valence-corrected chi connectivity index (χ1v) is 10.8. The molecule has 0 bridgehead atoms. The summed E-state index contributed by atoms with van der Waals surface area (Å²) in [6, 6.07) is 9.46. The van der Waals surface area contributed by atoms with Crippen LogP contribution < -0.4 is 11.1 Å². The van der Waals surface area contributed by atoms with Crippen LogP contribution >= 0.6 is 0 Å². The lowest BCUT2D eigenvalue weighted by Gasteiger charge is -2.32. The molecule has 4 rings (SSSR count). The van der Waals surface area contributed by atoms with Gasteiger partial charge in [-0.05, 0) is 86.4 Å². The van der Waals surface area contributed by atoms with E-state index in [4.69, 9.17) is 5.73 Å². The minimum atomic E-state index is -0.779. The van der Waals surface area contributed by atoms with E-state index in [0.717, 1.165) is 46.1 Å². The van der Waals surface area contributed by atoms with Crippen LogP contribution in [0.25, 0.3) is 22.0 Å². The van der Waals surface area contributed by atoms with Gasteiger partial charge in [-0.3, -0.25) is 9.59 Å². The summed E-state index contributed by atoms with van der Waals surface area (Å²) >= 11 is 0. The number of amides is 2. The number of hydrogen-bond donors (Lipinski definition) is 4. The van der Waals surface area contributed by atoms with Gasteiger partial charge in [0, 0.05) is 16.8 Å². The van der Waals surface area contributed by atoms with Gasteiger partial charge in [-0.1, -0.05) is 24.8 Å². The summed E-state index contributed by atoms with van der Waals surface area (Å²) in [5.41, 5.74) is 11.9. The van der Waals surface area contributed by atoms with Crippen molar-refractivity contribution < 1.29 is 14.7 Å². The highest BCUT2D eigenvalue weighted by molar-refractivity contribution is 6.11. The molecule has 1 unspecified atom stereocenters. The average molecular weight is 432 g/mol. The number of aliphatic hydroxyl groups is 1. The van der Waals surface area contributed by atoms with E-state index in [-0.39, 0.29) is 11.8 Å². The van der Waals surface area contributed by atoms with Gasteiger partial charge in [-0.2, -0.15) is 0 Å². The number of rotatable bonds is 5. The number of primary amides is 1. The fourth-order valence-corrected chi connectivity index (χ4v) is 4.82. The molecule has 32 heavy (non-hydrogen) atoms. The summed E-state index contributed by atoms with van der Waals surface area (Å²) in [6.45, 7) is 9.17. The van der Waals surface area contributed by atoms with Crippen LogP contribution in [0.1, 0.15) is 47.4 Å². The van der Waals surface area contributed by atoms with Crippen molar-refractivity contribution in [1.82, 2.24) is 4.98 Å². The smallest absolute Gasteiger partial charge is 0.250 e. The Bertz CT molecular complexity index is 1250. The van der Waals surface area contributed by atoms with Crippen LogP contribution in [0, 0.1) is 12.8 Å². The summed E-state index contributed by atoms with van der Waals surface area (Å²) in [6.07, 6.45) is 3.61. The number of benzene rings is 2. The highest BCUT2D eigenvalue weighted by Gasteiger charge is 2.33. The standard InChI is InChI=1S/C26H29N3O3/c1-5-22(30)28-20-8-6-7-16(14(20)2)17-11-12-19(25(27)31)24-23(17)18-10-9-15(26(3,4)32)13-21(18)29-24/h5-8,11-12,15,29,32H,1,9-10,13H2,2-4H3,(H2,27,31)(H,28,30). The first kappa shape index (κ1) is 21.8. The molecule has 6 nitrogen and oxygen atoms in total. The molecule has 0 saturated carbocycles. The molecule has 1 aromatic heterocycles. The maximum atomic E-state index is 12.2. The molecule has 2 aromatic carbocycles. The normalized spacial score (nSPS) is 15.9. The van der Waals surface area contributed by atoms with Gasteiger partial charge >= 0.3 is 0 Å². The molecule has 1 atom stereocenters. The van der Waals surface area contributed by atoms with E-state index in [2.05, 4.69) is 16.9 Å². The molecular weight excluding hydrogens is 402 g/mol. The van der Waals surface area contributed by atoms with Crippen LogP contribution in [0.4, 0.5) is 5.69 Å². The van der Waals surface area contributed by atoms with Crippen molar-refractivity contribution in [1.29, 1.82) is 0 Å². The fourth-order valence-electron chi connectivity index (χ4n) is 4.82. The summed E-state index contributed by atoms with van der Waals surface area (Å²) < 4.78 is 0. The van der Waals surface area contributed by atoms with Crippen LogP contribution in [0.3, 0.4) is 0 Å². The van der Waals surface area contributed by atoms with Gasteiger partial charge in [-0.25, -0.2) is 0 Å². The van der Waals surface area contributed by atoms with E-state index in [0.29, 0.717) is 17.7 Å². The van der Waals surface area contributed by atoms with Gasteiger partial charge < -0.3 is 21.1 Å². The fraction of sp³-hybridized carbons (Fsp3) is 0.308. The number of aromatic nitrogens is 1. The predicted molar refractivity (Wildman–Crippen MR) is 128 cm³/mol. The van der Waals surface area contributed by atoms with Crippen molar-refractivity contribution in [2.24, 2.45) is 11.7 Å². The summed E-state index contributed by atoms with van der Waals surface area (Å²) in [4.78, 5) is 27.5. The van der Waals surface area contributed by atoms with Gasteiger partial charge in [-0.15, -0.1) is 0 Å². The molecule has 166 valence electrons. The Kier molecular flexibility index (Phi) is 5.42. The average Bonchev–Trinajstić information content (AvgIpc) is 3.12. The lowest BCUT2D eigenvalue weighted by molar-refractivity contribution is -0.111. The zero-order valence-corrected chi connectivity index (χ0v) is 18.7. The zero-order valence-electron chi connectivity index (χ0n) is 18.7. The zero-order chi connectivity index (χ0) is 23.2. The van der Waals surface area contributed by atoms with Crippen molar-refractivity contribution >= 4 is 28.4 Å².